The van der Waals surface area contributed by atoms with Crippen LogP contribution >= 0.6 is 0 Å². The molecule has 1 unspecified atom stereocenters. The summed E-state index contributed by atoms with van der Waals surface area (Å²) in [5, 5.41) is 6.58. The molecule has 2 aromatic rings. The predicted octanol–water partition coefficient (Wildman–Crippen LogP) is 2.65. The normalized spacial score (nSPS) is 18.1. The molecule has 1 saturated heterocycles. The van der Waals surface area contributed by atoms with E-state index in [0.717, 1.165) is 30.0 Å². The first-order valence-electron chi connectivity index (χ1n) is 6.85. The molecule has 104 valence electrons. The van der Waals surface area contributed by atoms with Gasteiger partial charge in [-0.05, 0) is 37.1 Å². The zero-order chi connectivity index (χ0) is 13.8. The third-order valence-corrected chi connectivity index (χ3v) is 3.48. The number of halogens is 1. The maximum atomic E-state index is 12.8. The van der Waals surface area contributed by atoms with E-state index in [2.05, 4.69) is 20.6 Å². The molecule has 0 spiro atoms. The van der Waals surface area contributed by atoms with Crippen molar-refractivity contribution < 1.29 is 4.39 Å². The van der Waals surface area contributed by atoms with Crippen molar-refractivity contribution in [3.05, 3.63) is 53.7 Å². The average molecular weight is 272 g/mol. The molecule has 20 heavy (non-hydrogen) atoms. The van der Waals surface area contributed by atoms with Gasteiger partial charge >= 0.3 is 0 Å². The highest BCUT2D eigenvalue weighted by molar-refractivity contribution is 5.33. The van der Waals surface area contributed by atoms with Gasteiger partial charge in [0, 0.05) is 6.54 Å². The minimum Gasteiger partial charge on any atom is -0.365 e. The van der Waals surface area contributed by atoms with E-state index in [1.165, 1.54) is 18.6 Å². The van der Waals surface area contributed by atoms with Crippen LogP contribution in [0.3, 0.4) is 0 Å². The molecule has 0 aliphatic carbocycles. The quantitative estimate of drug-likeness (QED) is 0.898. The number of anilines is 1. The van der Waals surface area contributed by atoms with E-state index in [-0.39, 0.29) is 5.82 Å². The number of aromatic nitrogens is 2. The van der Waals surface area contributed by atoms with E-state index in [4.69, 9.17) is 0 Å². The fourth-order valence-corrected chi connectivity index (χ4v) is 2.34. The lowest BCUT2D eigenvalue weighted by Crippen LogP contribution is -2.14. The Kier molecular flexibility index (Phi) is 3.87. The van der Waals surface area contributed by atoms with Gasteiger partial charge < -0.3 is 10.6 Å². The Bertz CT molecular complexity index is 547. The molecule has 0 bridgehead atoms. The van der Waals surface area contributed by atoms with Gasteiger partial charge in [-0.3, -0.25) is 4.98 Å². The molecule has 2 heterocycles. The molecule has 2 N–H and O–H groups in total. The standard InChI is InChI=1S/C15H17FN4/c16-12-5-3-11(4-6-12)8-19-15-10-18-14(9-20-15)13-2-1-7-17-13/h3-6,9-10,13,17H,1-2,7-8H2,(H,19,20). The number of benzene rings is 1. The Hall–Kier alpha value is -2.01. The van der Waals surface area contributed by atoms with Gasteiger partial charge in [0.05, 0.1) is 24.1 Å². The van der Waals surface area contributed by atoms with E-state index in [1.54, 1.807) is 18.3 Å². The van der Waals surface area contributed by atoms with Crippen molar-refractivity contribution in [1.29, 1.82) is 0 Å². The highest BCUT2D eigenvalue weighted by Gasteiger charge is 2.17. The lowest BCUT2D eigenvalue weighted by molar-refractivity contribution is 0.624. The minimum absolute atomic E-state index is 0.220. The van der Waals surface area contributed by atoms with Gasteiger partial charge in [-0.1, -0.05) is 12.1 Å². The first-order chi connectivity index (χ1) is 9.81. The van der Waals surface area contributed by atoms with Crippen LogP contribution in [0.5, 0.6) is 0 Å². The second-order valence-corrected chi connectivity index (χ2v) is 4.96. The summed E-state index contributed by atoms with van der Waals surface area (Å²) < 4.78 is 12.8. The Morgan fingerprint density at radius 2 is 2.05 bits per heavy atom. The first kappa shape index (κ1) is 13.0. The minimum atomic E-state index is -0.220. The van der Waals surface area contributed by atoms with Gasteiger partial charge in [0.2, 0.25) is 0 Å². The van der Waals surface area contributed by atoms with Gasteiger partial charge in [0.25, 0.3) is 0 Å². The van der Waals surface area contributed by atoms with E-state index in [9.17, 15) is 4.39 Å². The molecular formula is C15H17FN4. The summed E-state index contributed by atoms with van der Waals surface area (Å²) in [6.07, 6.45) is 5.88. The van der Waals surface area contributed by atoms with Gasteiger partial charge in [-0.2, -0.15) is 0 Å². The van der Waals surface area contributed by atoms with Crippen molar-refractivity contribution in [3.8, 4) is 0 Å². The monoisotopic (exact) mass is 272 g/mol. The van der Waals surface area contributed by atoms with Crippen molar-refractivity contribution >= 4 is 5.82 Å². The van der Waals surface area contributed by atoms with Crippen LogP contribution in [-0.2, 0) is 6.54 Å². The maximum Gasteiger partial charge on any atom is 0.144 e. The highest BCUT2D eigenvalue weighted by atomic mass is 19.1. The highest BCUT2D eigenvalue weighted by Crippen LogP contribution is 2.20. The molecule has 1 aliphatic rings. The number of hydrogen-bond donors (Lipinski definition) is 2. The van der Waals surface area contributed by atoms with Gasteiger partial charge in [-0.15, -0.1) is 0 Å². The number of hydrogen-bond acceptors (Lipinski definition) is 4. The molecule has 1 aromatic carbocycles. The molecule has 0 radical (unpaired) electrons. The summed E-state index contributed by atoms with van der Waals surface area (Å²) in [7, 11) is 0. The number of nitrogens with one attached hydrogen (secondary N) is 2. The summed E-state index contributed by atoms with van der Waals surface area (Å²) in [5.74, 6) is 0.512. The fourth-order valence-electron chi connectivity index (χ4n) is 2.34. The van der Waals surface area contributed by atoms with Crippen LogP contribution in [0.4, 0.5) is 10.2 Å². The molecule has 1 atom stereocenters. The molecular weight excluding hydrogens is 255 g/mol. The lowest BCUT2D eigenvalue weighted by atomic mass is 10.2. The Morgan fingerprint density at radius 3 is 2.70 bits per heavy atom. The topological polar surface area (TPSA) is 49.8 Å². The zero-order valence-corrected chi connectivity index (χ0v) is 11.1. The summed E-state index contributed by atoms with van der Waals surface area (Å²) in [4.78, 5) is 8.81. The summed E-state index contributed by atoms with van der Waals surface area (Å²) >= 11 is 0. The Morgan fingerprint density at radius 1 is 1.20 bits per heavy atom. The van der Waals surface area contributed by atoms with Crippen LogP contribution in [0.25, 0.3) is 0 Å². The Balaban J connectivity index is 1.59. The first-order valence-corrected chi connectivity index (χ1v) is 6.85. The third kappa shape index (κ3) is 3.11. The van der Waals surface area contributed by atoms with E-state index in [1.807, 2.05) is 6.20 Å². The van der Waals surface area contributed by atoms with Crippen LogP contribution < -0.4 is 10.6 Å². The van der Waals surface area contributed by atoms with Crippen molar-refractivity contribution in [2.75, 3.05) is 11.9 Å². The molecule has 1 aliphatic heterocycles. The third-order valence-electron chi connectivity index (χ3n) is 3.48. The largest absolute Gasteiger partial charge is 0.365 e. The van der Waals surface area contributed by atoms with Crippen LogP contribution in [0.15, 0.2) is 36.7 Å². The van der Waals surface area contributed by atoms with Crippen molar-refractivity contribution in [3.63, 3.8) is 0 Å². The van der Waals surface area contributed by atoms with Crippen molar-refractivity contribution in [2.45, 2.75) is 25.4 Å². The summed E-state index contributed by atoms with van der Waals surface area (Å²) in [5.41, 5.74) is 2.00. The van der Waals surface area contributed by atoms with Crippen LogP contribution in [0.2, 0.25) is 0 Å². The molecule has 0 amide bonds. The van der Waals surface area contributed by atoms with Crippen LogP contribution in [0.1, 0.15) is 30.1 Å². The molecule has 0 saturated carbocycles. The van der Waals surface area contributed by atoms with E-state index >= 15 is 0 Å². The SMILES string of the molecule is Fc1ccc(CNc2cnc(C3CCCN3)cn2)cc1. The smallest absolute Gasteiger partial charge is 0.144 e. The number of rotatable bonds is 4. The van der Waals surface area contributed by atoms with E-state index < -0.39 is 0 Å². The van der Waals surface area contributed by atoms with Gasteiger partial charge in [-0.25, -0.2) is 9.37 Å². The van der Waals surface area contributed by atoms with Gasteiger partial charge in [0.1, 0.15) is 11.6 Å². The molecule has 4 nitrogen and oxygen atoms in total. The summed E-state index contributed by atoms with van der Waals surface area (Å²) in [6, 6.07) is 6.77. The van der Waals surface area contributed by atoms with Crippen LogP contribution in [-0.4, -0.2) is 16.5 Å². The summed E-state index contributed by atoms with van der Waals surface area (Å²) in [6.45, 7) is 1.66. The Labute approximate surface area is 117 Å². The molecule has 3 rings (SSSR count). The second-order valence-electron chi connectivity index (χ2n) is 4.96. The maximum absolute atomic E-state index is 12.8. The van der Waals surface area contributed by atoms with Crippen molar-refractivity contribution in [1.82, 2.24) is 15.3 Å². The van der Waals surface area contributed by atoms with Crippen LogP contribution in [0, 0.1) is 5.82 Å². The average Bonchev–Trinajstić information content (AvgIpc) is 3.01. The molecule has 5 heteroatoms. The number of nitrogens with zero attached hydrogens (tertiary/aromatic N) is 2. The molecule has 1 fully saturated rings. The zero-order valence-electron chi connectivity index (χ0n) is 11.1. The lowest BCUT2D eigenvalue weighted by Gasteiger charge is -2.10. The predicted molar refractivity (Wildman–Crippen MR) is 75.7 cm³/mol. The van der Waals surface area contributed by atoms with Crippen molar-refractivity contribution in [2.24, 2.45) is 0 Å². The van der Waals surface area contributed by atoms with E-state index in [0.29, 0.717) is 12.6 Å². The molecule has 1 aromatic heterocycles. The fraction of sp³-hybridized carbons (Fsp3) is 0.333. The van der Waals surface area contributed by atoms with Gasteiger partial charge in [0.15, 0.2) is 0 Å². The second kappa shape index (κ2) is 5.96.